The Morgan fingerprint density at radius 3 is 2.79 bits per heavy atom. The average molecular weight is 236 g/mol. The molecule has 14 heavy (non-hydrogen) atoms. The van der Waals surface area contributed by atoms with Crippen LogP contribution in [0.2, 0.25) is 10.4 Å². The van der Waals surface area contributed by atoms with E-state index in [2.05, 4.69) is 15.3 Å². The van der Waals surface area contributed by atoms with Gasteiger partial charge < -0.3 is 10.4 Å². The molecule has 0 aliphatic carbocycles. The zero-order valence-corrected chi connectivity index (χ0v) is 9.18. The lowest BCUT2D eigenvalue weighted by Crippen LogP contribution is -2.18. The van der Waals surface area contributed by atoms with Crippen molar-refractivity contribution < 1.29 is 5.11 Å². The Balaban J connectivity index is 2.58. The number of rotatable bonds is 4. The molecular weight excluding hydrogens is 225 g/mol. The van der Waals surface area contributed by atoms with Gasteiger partial charge in [0.1, 0.15) is 11.0 Å². The monoisotopic (exact) mass is 235 g/mol. The molecule has 0 spiro atoms. The second-order valence-electron chi connectivity index (χ2n) is 2.79. The van der Waals surface area contributed by atoms with Crippen LogP contribution in [-0.4, -0.2) is 27.7 Å². The first-order valence-corrected chi connectivity index (χ1v) is 4.99. The Kier molecular flexibility index (Phi) is 4.38. The van der Waals surface area contributed by atoms with Crippen molar-refractivity contribution >= 4 is 29.0 Å². The first kappa shape index (κ1) is 11.5. The molecule has 0 aliphatic heterocycles. The summed E-state index contributed by atoms with van der Waals surface area (Å²) in [6, 6.07) is 1.55. The van der Waals surface area contributed by atoms with Crippen LogP contribution < -0.4 is 5.32 Å². The summed E-state index contributed by atoms with van der Waals surface area (Å²) < 4.78 is 0. The summed E-state index contributed by atoms with van der Waals surface area (Å²) in [5, 5.41) is 12.6. The minimum Gasteiger partial charge on any atom is -0.391 e. The maximum absolute atomic E-state index is 9.29. The van der Waals surface area contributed by atoms with Gasteiger partial charge in [0.15, 0.2) is 0 Å². The van der Waals surface area contributed by atoms with Gasteiger partial charge in [-0.25, -0.2) is 9.97 Å². The molecule has 0 aliphatic rings. The molecule has 1 atom stereocenters. The third kappa shape index (κ3) is 3.65. The number of aromatic nitrogens is 2. The largest absolute Gasteiger partial charge is 0.391 e. The Labute approximate surface area is 92.3 Å². The zero-order valence-electron chi connectivity index (χ0n) is 7.67. The lowest BCUT2D eigenvalue weighted by atomic mass is 10.3. The van der Waals surface area contributed by atoms with Crippen molar-refractivity contribution in [1.82, 2.24) is 9.97 Å². The summed E-state index contributed by atoms with van der Waals surface area (Å²) in [6.07, 6.45) is 0.280. The number of anilines is 1. The molecule has 6 heteroatoms. The van der Waals surface area contributed by atoms with Crippen LogP contribution in [0.25, 0.3) is 0 Å². The highest BCUT2D eigenvalue weighted by Gasteiger charge is 2.03. The van der Waals surface area contributed by atoms with E-state index in [-0.39, 0.29) is 10.4 Å². The second-order valence-corrected chi connectivity index (χ2v) is 3.51. The molecule has 1 heterocycles. The first-order valence-electron chi connectivity index (χ1n) is 4.24. The SMILES string of the molecule is CCC(O)CNc1cc(Cl)nc(Cl)n1. The number of nitrogens with zero attached hydrogens (tertiary/aromatic N) is 2. The van der Waals surface area contributed by atoms with Crippen LogP contribution in [0.1, 0.15) is 13.3 Å². The molecular formula is C8H11Cl2N3O. The van der Waals surface area contributed by atoms with Gasteiger partial charge in [-0.15, -0.1) is 0 Å². The predicted molar refractivity (Wildman–Crippen MR) is 56.8 cm³/mol. The van der Waals surface area contributed by atoms with Gasteiger partial charge in [-0.1, -0.05) is 18.5 Å². The number of aliphatic hydroxyl groups is 1. The molecule has 0 radical (unpaired) electrons. The van der Waals surface area contributed by atoms with Gasteiger partial charge >= 0.3 is 0 Å². The molecule has 0 amide bonds. The molecule has 1 unspecified atom stereocenters. The normalized spacial score (nSPS) is 12.6. The van der Waals surface area contributed by atoms with Gasteiger partial charge in [0, 0.05) is 12.6 Å². The molecule has 78 valence electrons. The summed E-state index contributed by atoms with van der Waals surface area (Å²) in [4.78, 5) is 7.59. The second kappa shape index (κ2) is 5.34. The molecule has 0 saturated heterocycles. The van der Waals surface area contributed by atoms with Crippen molar-refractivity contribution in [2.45, 2.75) is 19.4 Å². The summed E-state index contributed by atoms with van der Waals surface area (Å²) in [6.45, 7) is 2.31. The Hall–Kier alpha value is -0.580. The van der Waals surface area contributed by atoms with Crippen LogP contribution in [-0.2, 0) is 0 Å². The molecule has 2 N–H and O–H groups in total. The smallest absolute Gasteiger partial charge is 0.225 e. The van der Waals surface area contributed by atoms with Crippen molar-refractivity contribution in [3.05, 3.63) is 16.5 Å². The molecule has 0 fully saturated rings. The van der Waals surface area contributed by atoms with Crippen molar-refractivity contribution in [1.29, 1.82) is 0 Å². The Morgan fingerprint density at radius 1 is 1.50 bits per heavy atom. The van der Waals surface area contributed by atoms with Crippen molar-refractivity contribution in [3.8, 4) is 0 Å². The number of nitrogens with one attached hydrogen (secondary N) is 1. The maximum atomic E-state index is 9.29. The predicted octanol–water partition coefficient (Wildman–Crippen LogP) is 1.97. The van der Waals surface area contributed by atoms with E-state index in [1.54, 1.807) is 6.07 Å². The van der Waals surface area contributed by atoms with Crippen molar-refractivity contribution in [2.75, 3.05) is 11.9 Å². The average Bonchev–Trinajstić information content (AvgIpc) is 2.12. The Bertz CT molecular complexity index is 288. The molecule has 4 nitrogen and oxygen atoms in total. The molecule has 0 aromatic carbocycles. The fourth-order valence-corrected chi connectivity index (χ4v) is 1.26. The van der Waals surface area contributed by atoms with Crippen molar-refractivity contribution in [2.24, 2.45) is 0 Å². The highest BCUT2D eigenvalue weighted by atomic mass is 35.5. The first-order chi connectivity index (χ1) is 6.61. The van der Waals surface area contributed by atoms with Crippen LogP contribution in [0.15, 0.2) is 6.07 Å². The van der Waals surface area contributed by atoms with Gasteiger partial charge in [0.25, 0.3) is 0 Å². The lowest BCUT2D eigenvalue weighted by molar-refractivity contribution is 0.183. The fourth-order valence-electron chi connectivity index (χ4n) is 0.847. The highest BCUT2D eigenvalue weighted by Crippen LogP contribution is 2.14. The maximum Gasteiger partial charge on any atom is 0.225 e. The van der Waals surface area contributed by atoms with Gasteiger partial charge in [0.05, 0.1) is 6.10 Å². The van der Waals surface area contributed by atoms with Gasteiger partial charge in [0.2, 0.25) is 5.28 Å². The minimum absolute atomic E-state index is 0.0889. The molecule has 1 rings (SSSR count). The van der Waals surface area contributed by atoms with Crippen molar-refractivity contribution in [3.63, 3.8) is 0 Å². The topological polar surface area (TPSA) is 58.0 Å². The van der Waals surface area contributed by atoms with Crippen LogP contribution in [0.4, 0.5) is 5.82 Å². The quantitative estimate of drug-likeness (QED) is 0.619. The number of hydrogen-bond donors (Lipinski definition) is 2. The summed E-state index contributed by atoms with van der Waals surface area (Å²) >= 11 is 11.3. The fraction of sp³-hybridized carbons (Fsp3) is 0.500. The van der Waals surface area contributed by atoms with E-state index in [4.69, 9.17) is 23.2 Å². The third-order valence-corrected chi connectivity index (χ3v) is 2.02. The number of halogens is 2. The minimum atomic E-state index is -0.400. The molecule has 0 saturated carbocycles. The molecule has 1 aromatic rings. The highest BCUT2D eigenvalue weighted by molar-refractivity contribution is 6.32. The van der Waals surface area contributed by atoms with E-state index in [1.807, 2.05) is 6.92 Å². The Morgan fingerprint density at radius 2 is 2.21 bits per heavy atom. The van der Waals surface area contributed by atoms with Crippen LogP contribution in [0, 0.1) is 0 Å². The van der Waals surface area contributed by atoms with Crippen LogP contribution in [0.3, 0.4) is 0 Å². The van der Waals surface area contributed by atoms with Gasteiger partial charge in [-0.3, -0.25) is 0 Å². The van der Waals surface area contributed by atoms with E-state index >= 15 is 0 Å². The summed E-state index contributed by atoms with van der Waals surface area (Å²) in [5.41, 5.74) is 0. The van der Waals surface area contributed by atoms with Gasteiger partial charge in [-0.05, 0) is 18.0 Å². The molecule has 1 aromatic heterocycles. The van der Waals surface area contributed by atoms with Crippen LogP contribution in [0.5, 0.6) is 0 Å². The van der Waals surface area contributed by atoms with E-state index < -0.39 is 6.10 Å². The van der Waals surface area contributed by atoms with E-state index in [0.717, 1.165) is 0 Å². The number of aliphatic hydroxyl groups excluding tert-OH is 1. The zero-order chi connectivity index (χ0) is 10.6. The van der Waals surface area contributed by atoms with E-state index in [9.17, 15) is 5.11 Å². The number of hydrogen-bond acceptors (Lipinski definition) is 4. The van der Waals surface area contributed by atoms with Gasteiger partial charge in [-0.2, -0.15) is 0 Å². The van der Waals surface area contributed by atoms with E-state index in [1.165, 1.54) is 0 Å². The third-order valence-electron chi connectivity index (χ3n) is 1.66. The van der Waals surface area contributed by atoms with E-state index in [0.29, 0.717) is 18.8 Å². The lowest BCUT2D eigenvalue weighted by Gasteiger charge is -2.09. The summed E-state index contributed by atoms with van der Waals surface area (Å²) in [5.74, 6) is 0.516. The van der Waals surface area contributed by atoms with Crippen LogP contribution >= 0.6 is 23.2 Å². The standard InChI is InChI=1S/C8H11Cl2N3O/c1-2-5(14)4-11-7-3-6(9)12-8(10)13-7/h3,5,14H,2,4H2,1H3,(H,11,12,13). The molecule has 0 bridgehead atoms. The summed E-state index contributed by atoms with van der Waals surface area (Å²) in [7, 11) is 0.